The van der Waals surface area contributed by atoms with Crippen molar-refractivity contribution < 1.29 is 17.9 Å². The van der Waals surface area contributed by atoms with Gasteiger partial charge in [0.2, 0.25) is 15.9 Å². The van der Waals surface area contributed by atoms with E-state index in [4.69, 9.17) is 16.3 Å². The van der Waals surface area contributed by atoms with Gasteiger partial charge in [-0.25, -0.2) is 8.42 Å². The van der Waals surface area contributed by atoms with Crippen LogP contribution in [0.3, 0.4) is 0 Å². The molecule has 3 rings (SSSR count). The van der Waals surface area contributed by atoms with Gasteiger partial charge >= 0.3 is 0 Å². The number of hydrogen-bond acceptors (Lipinski definition) is 5. The fourth-order valence-electron chi connectivity index (χ4n) is 3.53. The zero-order valence-electron chi connectivity index (χ0n) is 18.0. The van der Waals surface area contributed by atoms with E-state index in [1.807, 2.05) is 32.0 Å². The molecule has 7 nitrogen and oxygen atoms in total. The Morgan fingerprint density at radius 1 is 1.10 bits per heavy atom. The van der Waals surface area contributed by atoms with Gasteiger partial charge in [-0.1, -0.05) is 24.6 Å². The summed E-state index contributed by atoms with van der Waals surface area (Å²) in [6, 6.07) is 10.3. The van der Waals surface area contributed by atoms with Gasteiger partial charge in [0, 0.05) is 43.3 Å². The third-order valence-corrected chi connectivity index (χ3v) is 7.36. The Kier molecular flexibility index (Phi) is 7.46. The number of benzene rings is 2. The molecule has 0 aliphatic carbocycles. The summed E-state index contributed by atoms with van der Waals surface area (Å²) in [6.45, 7) is 7.84. The van der Waals surface area contributed by atoms with Crippen LogP contribution < -0.4 is 15.0 Å². The van der Waals surface area contributed by atoms with Gasteiger partial charge in [0.05, 0.1) is 17.2 Å². The van der Waals surface area contributed by atoms with Gasteiger partial charge in [-0.3, -0.25) is 4.79 Å². The largest absolute Gasteiger partial charge is 0.492 e. The number of aryl methyl sites for hydroxylation is 1. The topological polar surface area (TPSA) is 79.0 Å². The summed E-state index contributed by atoms with van der Waals surface area (Å²) in [6.07, 6.45) is 0.285. The van der Waals surface area contributed by atoms with E-state index in [1.54, 1.807) is 13.0 Å². The van der Waals surface area contributed by atoms with Crippen LogP contribution in [0.4, 0.5) is 11.4 Å². The Bertz CT molecular complexity index is 1050. The Morgan fingerprint density at radius 2 is 1.81 bits per heavy atom. The molecule has 2 aromatic rings. The highest BCUT2D eigenvalue weighted by atomic mass is 35.5. The first-order valence-corrected chi connectivity index (χ1v) is 12.2. The quantitative estimate of drug-likeness (QED) is 0.670. The predicted octanol–water partition coefficient (Wildman–Crippen LogP) is 3.91. The van der Waals surface area contributed by atoms with Gasteiger partial charge in [-0.05, 0) is 49.7 Å². The van der Waals surface area contributed by atoms with Crippen molar-refractivity contribution in [3.63, 3.8) is 0 Å². The van der Waals surface area contributed by atoms with E-state index in [9.17, 15) is 13.2 Å². The van der Waals surface area contributed by atoms with E-state index in [-0.39, 0.29) is 17.2 Å². The van der Waals surface area contributed by atoms with Crippen LogP contribution in [0, 0.1) is 6.92 Å². The molecular weight excluding hydrogens is 438 g/mol. The maximum Gasteiger partial charge on any atom is 0.243 e. The van der Waals surface area contributed by atoms with Crippen molar-refractivity contribution in [3.05, 3.63) is 47.0 Å². The SMILES string of the molecule is CCOc1ccc(S(=O)(=O)N2CCN(c3cc(Cl)ccc3C)CC2)cc1NC(=O)CC. The third kappa shape index (κ3) is 5.31. The number of anilines is 2. The average Bonchev–Trinajstić information content (AvgIpc) is 2.76. The second kappa shape index (κ2) is 9.89. The molecule has 1 N–H and O–H groups in total. The second-order valence-electron chi connectivity index (χ2n) is 7.31. The minimum atomic E-state index is -3.71. The number of carbonyl (C=O) groups excluding carboxylic acids is 1. The molecule has 0 unspecified atom stereocenters. The van der Waals surface area contributed by atoms with E-state index in [1.165, 1.54) is 16.4 Å². The maximum atomic E-state index is 13.3. The van der Waals surface area contributed by atoms with Crippen molar-refractivity contribution >= 4 is 38.9 Å². The van der Waals surface area contributed by atoms with Crippen LogP contribution in [-0.2, 0) is 14.8 Å². The summed E-state index contributed by atoms with van der Waals surface area (Å²) in [5.41, 5.74) is 2.49. The van der Waals surface area contributed by atoms with E-state index in [2.05, 4.69) is 10.2 Å². The fraction of sp³-hybridized carbons (Fsp3) is 0.409. The molecule has 2 aromatic carbocycles. The Hall–Kier alpha value is -2.29. The summed E-state index contributed by atoms with van der Waals surface area (Å²) < 4.78 is 33.5. The lowest BCUT2D eigenvalue weighted by molar-refractivity contribution is -0.115. The van der Waals surface area contributed by atoms with Gasteiger partial charge in [0.15, 0.2) is 0 Å². The predicted molar refractivity (Wildman–Crippen MR) is 124 cm³/mol. The van der Waals surface area contributed by atoms with Gasteiger partial charge in [-0.2, -0.15) is 4.31 Å². The highest BCUT2D eigenvalue weighted by Crippen LogP contribution is 2.31. The molecular formula is C22H28ClN3O4S. The molecule has 168 valence electrons. The highest BCUT2D eigenvalue weighted by molar-refractivity contribution is 7.89. The van der Waals surface area contributed by atoms with Gasteiger partial charge in [0.25, 0.3) is 0 Å². The molecule has 1 fully saturated rings. The van der Waals surface area contributed by atoms with E-state index in [0.717, 1.165) is 11.3 Å². The zero-order valence-corrected chi connectivity index (χ0v) is 19.6. The number of piperazine rings is 1. The summed E-state index contributed by atoms with van der Waals surface area (Å²) in [5, 5.41) is 3.39. The number of carbonyl (C=O) groups is 1. The van der Waals surface area contributed by atoms with E-state index < -0.39 is 10.0 Å². The van der Waals surface area contributed by atoms with Gasteiger partial charge < -0.3 is 15.0 Å². The van der Waals surface area contributed by atoms with Crippen molar-refractivity contribution in [2.75, 3.05) is 43.0 Å². The van der Waals surface area contributed by atoms with Crippen LogP contribution in [0.25, 0.3) is 0 Å². The molecule has 31 heavy (non-hydrogen) atoms. The van der Waals surface area contributed by atoms with Gasteiger partial charge in [0.1, 0.15) is 5.75 Å². The first-order chi connectivity index (χ1) is 14.8. The number of hydrogen-bond donors (Lipinski definition) is 1. The lowest BCUT2D eigenvalue weighted by atomic mass is 10.1. The molecule has 0 atom stereocenters. The van der Waals surface area contributed by atoms with Crippen LogP contribution >= 0.6 is 11.6 Å². The van der Waals surface area contributed by atoms with Crippen molar-refractivity contribution in [2.45, 2.75) is 32.1 Å². The Balaban J connectivity index is 1.80. The molecule has 0 saturated carbocycles. The monoisotopic (exact) mass is 465 g/mol. The van der Waals surface area contributed by atoms with E-state index >= 15 is 0 Å². The highest BCUT2D eigenvalue weighted by Gasteiger charge is 2.30. The molecule has 1 heterocycles. The lowest BCUT2D eigenvalue weighted by Crippen LogP contribution is -2.48. The van der Waals surface area contributed by atoms with Crippen molar-refractivity contribution in [3.8, 4) is 5.75 Å². The van der Waals surface area contributed by atoms with Crippen LogP contribution in [0.1, 0.15) is 25.8 Å². The summed E-state index contributed by atoms with van der Waals surface area (Å²) in [4.78, 5) is 14.2. The summed E-state index contributed by atoms with van der Waals surface area (Å²) >= 11 is 6.14. The number of nitrogens with zero attached hydrogens (tertiary/aromatic N) is 2. The molecule has 0 aromatic heterocycles. The number of halogens is 1. The first kappa shape index (κ1) is 23.4. The molecule has 9 heteroatoms. The van der Waals surface area contributed by atoms with Crippen LogP contribution in [0.15, 0.2) is 41.3 Å². The molecule has 1 amide bonds. The smallest absolute Gasteiger partial charge is 0.243 e. The fourth-order valence-corrected chi connectivity index (χ4v) is 5.14. The summed E-state index contributed by atoms with van der Waals surface area (Å²) in [7, 11) is -3.71. The molecule has 1 saturated heterocycles. The zero-order chi connectivity index (χ0) is 22.6. The molecule has 1 aliphatic heterocycles. The third-order valence-electron chi connectivity index (χ3n) is 5.23. The van der Waals surface area contributed by atoms with Crippen LogP contribution in [-0.4, -0.2) is 51.4 Å². The van der Waals surface area contributed by atoms with Crippen molar-refractivity contribution in [1.29, 1.82) is 0 Å². The Morgan fingerprint density at radius 3 is 2.45 bits per heavy atom. The molecule has 0 radical (unpaired) electrons. The number of nitrogens with one attached hydrogen (secondary N) is 1. The molecule has 0 spiro atoms. The van der Waals surface area contributed by atoms with Crippen molar-refractivity contribution in [2.24, 2.45) is 0 Å². The number of amides is 1. The number of rotatable bonds is 7. The average molecular weight is 466 g/mol. The maximum absolute atomic E-state index is 13.3. The minimum Gasteiger partial charge on any atom is -0.492 e. The molecule has 1 aliphatic rings. The van der Waals surface area contributed by atoms with Gasteiger partial charge in [-0.15, -0.1) is 0 Å². The normalized spacial score (nSPS) is 15.0. The summed E-state index contributed by atoms with van der Waals surface area (Å²) in [5.74, 6) is 0.241. The van der Waals surface area contributed by atoms with Crippen molar-refractivity contribution in [1.82, 2.24) is 4.31 Å². The lowest BCUT2D eigenvalue weighted by Gasteiger charge is -2.36. The minimum absolute atomic E-state index is 0.134. The Labute approximate surface area is 189 Å². The second-order valence-corrected chi connectivity index (χ2v) is 9.69. The van der Waals surface area contributed by atoms with E-state index in [0.29, 0.717) is 49.2 Å². The molecule has 0 bridgehead atoms. The van der Waals surface area contributed by atoms with Crippen LogP contribution in [0.5, 0.6) is 5.75 Å². The number of sulfonamides is 1. The first-order valence-electron chi connectivity index (χ1n) is 10.3. The number of ether oxygens (including phenoxy) is 1. The van der Waals surface area contributed by atoms with Crippen LogP contribution in [0.2, 0.25) is 5.02 Å². The standard InChI is InChI=1S/C22H28ClN3O4S/c1-4-22(27)24-19-15-18(8-9-21(19)30-5-2)31(28,29)26-12-10-25(11-13-26)20-14-17(23)7-6-16(20)3/h6-9,14-15H,4-5,10-13H2,1-3H3,(H,24,27).